The van der Waals surface area contributed by atoms with Crippen LogP contribution in [0.25, 0.3) is 0 Å². The third kappa shape index (κ3) is 1.95. The first-order chi connectivity index (χ1) is 7.97. The summed E-state index contributed by atoms with van der Waals surface area (Å²) in [7, 11) is 1.12. The van der Waals surface area contributed by atoms with E-state index < -0.39 is 10.8 Å². The largest absolute Gasteiger partial charge is 0.313 e. The van der Waals surface area contributed by atoms with Crippen LogP contribution in [0, 0.1) is 19.8 Å². The predicted molar refractivity (Wildman–Crippen MR) is 72.8 cm³/mol. The quantitative estimate of drug-likeness (QED) is 0.831. The van der Waals surface area contributed by atoms with Crippen LogP contribution in [0.15, 0.2) is 17.0 Å². The Labute approximate surface area is 106 Å². The molecule has 0 saturated heterocycles. The van der Waals surface area contributed by atoms with Crippen molar-refractivity contribution in [1.29, 1.82) is 0 Å². The third-order valence-electron chi connectivity index (χ3n) is 4.09. The molecule has 1 aliphatic rings. The van der Waals surface area contributed by atoms with Crippen molar-refractivity contribution < 1.29 is 4.21 Å². The summed E-state index contributed by atoms with van der Waals surface area (Å²) in [6.07, 6.45) is 0. The van der Waals surface area contributed by atoms with Crippen molar-refractivity contribution in [2.75, 3.05) is 7.05 Å². The fraction of sp³-hybridized carbons (Fsp3) is 0.571. The van der Waals surface area contributed by atoms with Crippen LogP contribution < -0.4 is 5.32 Å². The minimum absolute atomic E-state index is 0.210. The van der Waals surface area contributed by atoms with E-state index in [-0.39, 0.29) is 5.25 Å². The smallest absolute Gasteiger partial charge is 0.0564 e. The summed E-state index contributed by atoms with van der Waals surface area (Å²) >= 11 is 0. The highest BCUT2D eigenvalue weighted by atomic mass is 32.2. The van der Waals surface area contributed by atoms with Crippen molar-refractivity contribution in [3.8, 4) is 0 Å². The van der Waals surface area contributed by atoms with Gasteiger partial charge in [0.05, 0.1) is 10.8 Å². The molecule has 0 amide bonds. The zero-order chi connectivity index (χ0) is 12.7. The normalized spacial score (nSPS) is 32.3. The molecule has 0 spiro atoms. The Bertz CT molecular complexity index is 470. The number of fused-ring (bicyclic) bond motifs is 1. The van der Waals surface area contributed by atoms with Crippen molar-refractivity contribution in [2.45, 2.75) is 43.9 Å². The van der Waals surface area contributed by atoms with Crippen LogP contribution in [0.2, 0.25) is 0 Å². The highest BCUT2D eigenvalue weighted by Crippen LogP contribution is 2.38. The molecule has 1 aliphatic heterocycles. The van der Waals surface area contributed by atoms with Gasteiger partial charge >= 0.3 is 0 Å². The summed E-state index contributed by atoms with van der Waals surface area (Å²) in [5.74, 6) is 0.399. The van der Waals surface area contributed by atoms with Gasteiger partial charge in [-0.1, -0.05) is 19.9 Å². The maximum Gasteiger partial charge on any atom is 0.0564 e. The lowest BCUT2D eigenvalue weighted by Gasteiger charge is -2.35. The van der Waals surface area contributed by atoms with Crippen molar-refractivity contribution in [1.82, 2.24) is 5.32 Å². The third-order valence-corrected chi connectivity index (χ3v) is 5.98. The summed E-state index contributed by atoms with van der Waals surface area (Å²) in [6, 6.07) is 4.62. The van der Waals surface area contributed by atoms with Crippen molar-refractivity contribution in [3.63, 3.8) is 0 Å². The molecule has 1 aromatic carbocycles. The number of aryl methyl sites for hydroxylation is 2. The molecule has 0 fully saturated rings. The summed E-state index contributed by atoms with van der Waals surface area (Å²) in [6.45, 7) is 8.48. The van der Waals surface area contributed by atoms with E-state index >= 15 is 0 Å². The molecule has 17 heavy (non-hydrogen) atoms. The molecule has 0 saturated carbocycles. The molecular formula is C14H21NOS. The second kappa shape index (κ2) is 4.54. The van der Waals surface area contributed by atoms with Gasteiger partial charge in [0.15, 0.2) is 0 Å². The Hall–Kier alpha value is -0.670. The lowest BCUT2D eigenvalue weighted by Crippen LogP contribution is -2.37. The van der Waals surface area contributed by atoms with Gasteiger partial charge < -0.3 is 5.32 Å². The topological polar surface area (TPSA) is 29.1 Å². The van der Waals surface area contributed by atoms with E-state index in [0.717, 1.165) is 4.90 Å². The Kier molecular flexibility index (Phi) is 3.41. The average Bonchev–Trinajstić information content (AvgIpc) is 2.30. The molecule has 1 N–H and O–H groups in total. The standard InChI is InChI=1S/C14H21NOS/c1-8-6-12-13(7-9(8)2)17(16)11(4)10(3)14(12)15-5/h6-7,10-11,14-15H,1-5H3. The maximum atomic E-state index is 12.4. The van der Waals surface area contributed by atoms with Crippen LogP contribution >= 0.6 is 0 Å². The first kappa shape index (κ1) is 12.8. The molecule has 0 bridgehead atoms. The molecule has 0 aliphatic carbocycles. The zero-order valence-electron chi connectivity index (χ0n) is 11.2. The second-order valence-corrected chi connectivity index (χ2v) is 6.88. The van der Waals surface area contributed by atoms with Gasteiger partial charge in [0, 0.05) is 16.2 Å². The molecule has 2 nitrogen and oxygen atoms in total. The number of rotatable bonds is 1. The van der Waals surface area contributed by atoms with E-state index in [9.17, 15) is 4.21 Å². The van der Waals surface area contributed by atoms with E-state index in [1.807, 2.05) is 7.05 Å². The molecule has 3 heteroatoms. The summed E-state index contributed by atoms with van der Waals surface area (Å²) < 4.78 is 12.4. The summed E-state index contributed by atoms with van der Waals surface area (Å²) in [4.78, 5) is 1.03. The molecule has 4 unspecified atom stereocenters. The van der Waals surface area contributed by atoms with Crippen molar-refractivity contribution in [2.24, 2.45) is 5.92 Å². The molecule has 4 atom stereocenters. The molecule has 94 valence electrons. The molecule has 0 aromatic heterocycles. The zero-order valence-corrected chi connectivity index (χ0v) is 12.0. The first-order valence-corrected chi connectivity index (χ1v) is 7.37. The SMILES string of the molecule is CNC1c2cc(C)c(C)cc2S(=O)C(C)C1C. The Morgan fingerprint density at radius 3 is 2.35 bits per heavy atom. The van der Waals surface area contributed by atoms with E-state index in [1.165, 1.54) is 16.7 Å². The van der Waals surface area contributed by atoms with Gasteiger partial charge in [-0.15, -0.1) is 0 Å². The van der Waals surface area contributed by atoms with Gasteiger partial charge in [-0.2, -0.15) is 0 Å². The highest BCUT2D eigenvalue weighted by molar-refractivity contribution is 7.85. The molecular weight excluding hydrogens is 230 g/mol. The Morgan fingerprint density at radius 2 is 1.76 bits per heavy atom. The van der Waals surface area contributed by atoms with Gasteiger partial charge in [0.1, 0.15) is 0 Å². The minimum atomic E-state index is -0.871. The number of hydrogen-bond donors (Lipinski definition) is 1. The lowest BCUT2D eigenvalue weighted by molar-refractivity contribution is 0.388. The Balaban J connectivity index is 2.63. The van der Waals surface area contributed by atoms with Crippen molar-refractivity contribution >= 4 is 10.8 Å². The van der Waals surface area contributed by atoms with E-state index in [1.54, 1.807) is 0 Å². The van der Waals surface area contributed by atoms with Gasteiger partial charge in [-0.25, -0.2) is 0 Å². The molecule has 1 aromatic rings. The van der Waals surface area contributed by atoms with Crippen LogP contribution in [-0.2, 0) is 10.8 Å². The van der Waals surface area contributed by atoms with Gasteiger partial charge in [-0.05, 0) is 49.6 Å². The van der Waals surface area contributed by atoms with Gasteiger partial charge in [-0.3, -0.25) is 4.21 Å². The van der Waals surface area contributed by atoms with E-state index in [2.05, 4.69) is 45.1 Å². The summed E-state index contributed by atoms with van der Waals surface area (Å²) in [5, 5.41) is 3.58. The molecule has 2 rings (SSSR count). The van der Waals surface area contributed by atoms with Crippen LogP contribution in [-0.4, -0.2) is 16.5 Å². The molecule has 0 radical (unpaired) electrons. The minimum Gasteiger partial charge on any atom is -0.313 e. The number of benzene rings is 1. The number of hydrogen-bond acceptors (Lipinski definition) is 2. The monoisotopic (exact) mass is 251 g/mol. The fourth-order valence-corrected chi connectivity index (χ4v) is 4.26. The Morgan fingerprint density at radius 1 is 1.18 bits per heavy atom. The van der Waals surface area contributed by atoms with Gasteiger partial charge in [0.2, 0.25) is 0 Å². The second-order valence-electron chi connectivity index (χ2n) is 5.10. The highest BCUT2D eigenvalue weighted by Gasteiger charge is 2.35. The van der Waals surface area contributed by atoms with Crippen LogP contribution in [0.3, 0.4) is 0 Å². The number of nitrogens with one attached hydrogen (secondary N) is 1. The summed E-state index contributed by atoms with van der Waals surface area (Å²) in [5.41, 5.74) is 3.73. The van der Waals surface area contributed by atoms with Crippen LogP contribution in [0.1, 0.15) is 36.6 Å². The average molecular weight is 251 g/mol. The first-order valence-electron chi connectivity index (χ1n) is 6.16. The van der Waals surface area contributed by atoms with Gasteiger partial charge in [0.25, 0.3) is 0 Å². The van der Waals surface area contributed by atoms with E-state index in [0.29, 0.717) is 12.0 Å². The maximum absolute atomic E-state index is 12.4. The molecule has 1 heterocycles. The van der Waals surface area contributed by atoms with Crippen LogP contribution in [0.4, 0.5) is 0 Å². The van der Waals surface area contributed by atoms with Crippen LogP contribution in [0.5, 0.6) is 0 Å². The lowest BCUT2D eigenvalue weighted by atomic mass is 9.90. The predicted octanol–water partition coefficient (Wildman–Crippen LogP) is 2.71. The van der Waals surface area contributed by atoms with Crippen molar-refractivity contribution in [3.05, 3.63) is 28.8 Å². The fourth-order valence-electron chi connectivity index (χ4n) is 2.60. The van der Waals surface area contributed by atoms with E-state index in [4.69, 9.17) is 0 Å².